The molecule has 142 valence electrons. The minimum atomic E-state index is -0.731. The van der Waals surface area contributed by atoms with Crippen LogP contribution < -0.4 is 9.64 Å². The average molecular weight is 413 g/mol. The SMILES string of the molecule is CSc1nnc2c(n1)O[C@H](c1cccc(Cl)c1)N(C(C)=O)c1ccc(C)cc1-2. The molecule has 3 aromatic rings. The Hall–Kier alpha value is -2.64. The molecular weight excluding hydrogens is 396 g/mol. The Morgan fingerprint density at radius 2 is 2.04 bits per heavy atom. The zero-order valence-electron chi connectivity index (χ0n) is 15.5. The standard InChI is InChI=1S/C20H17ClN4O2S/c1-11-7-8-16-15(9-11)17-18(22-20(28-3)24-23-17)27-19(25(16)12(2)26)13-5-4-6-14(21)10-13/h4-10,19H,1-3H3/t19-/m1/s1. The first kappa shape index (κ1) is 18.7. The Labute approximate surface area is 171 Å². The number of benzene rings is 2. The lowest BCUT2D eigenvalue weighted by Gasteiger charge is -2.30. The highest BCUT2D eigenvalue weighted by Gasteiger charge is 2.34. The van der Waals surface area contributed by atoms with E-state index in [4.69, 9.17) is 16.3 Å². The number of hydrogen-bond acceptors (Lipinski definition) is 6. The van der Waals surface area contributed by atoms with Gasteiger partial charge >= 0.3 is 0 Å². The number of aryl methyl sites for hydroxylation is 1. The molecule has 0 unspecified atom stereocenters. The quantitative estimate of drug-likeness (QED) is 0.570. The molecule has 0 fully saturated rings. The molecule has 1 aliphatic heterocycles. The normalized spacial score (nSPS) is 15.3. The minimum absolute atomic E-state index is 0.166. The third-order valence-electron chi connectivity index (χ3n) is 4.42. The topological polar surface area (TPSA) is 68.2 Å². The van der Waals surface area contributed by atoms with E-state index in [9.17, 15) is 4.79 Å². The second kappa shape index (κ2) is 7.41. The zero-order chi connectivity index (χ0) is 19.8. The van der Waals surface area contributed by atoms with Crippen molar-refractivity contribution in [3.05, 3.63) is 58.6 Å². The molecule has 4 rings (SSSR count). The van der Waals surface area contributed by atoms with Crippen molar-refractivity contribution in [1.29, 1.82) is 0 Å². The fourth-order valence-electron chi connectivity index (χ4n) is 3.18. The Kier molecular flexibility index (Phi) is 4.95. The molecule has 1 aromatic heterocycles. The molecule has 0 radical (unpaired) electrons. The van der Waals surface area contributed by atoms with Crippen LogP contribution >= 0.6 is 23.4 Å². The van der Waals surface area contributed by atoms with Gasteiger partial charge in [0.2, 0.25) is 23.2 Å². The molecule has 6 nitrogen and oxygen atoms in total. The first-order valence-electron chi connectivity index (χ1n) is 8.59. The molecule has 0 spiro atoms. The summed E-state index contributed by atoms with van der Waals surface area (Å²) >= 11 is 7.57. The number of halogens is 1. The molecule has 0 N–H and O–H groups in total. The van der Waals surface area contributed by atoms with Crippen molar-refractivity contribution in [3.63, 3.8) is 0 Å². The van der Waals surface area contributed by atoms with Gasteiger partial charge in [-0.05, 0) is 37.4 Å². The summed E-state index contributed by atoms with van der Waals surface area (Å²) in [6, 6.07) is 13.1. The number of anilines is 1. The van der Waals surface area contributed by atoms with Crippen LogP contribution in [-0.2, 0) is 4.79 Å². The van der Waals surface area contributed by atoms with E-state index in [2.05, 4.69) is 15.2 Å². The minimum Gasteiger partial charge on any atom is -0.447 e. The predicted octanol–water partition coefficient (Wildman–Crippen LogP) is 4.67. The van der Waals surface area contributed by atoms with Gasteiger partial charge in [0.25, 0.3) is 0 Å². The number of nitrogens with zero attached hydrogens (tertiary/aromatic N) is 4. The van der Waals surface area contributed by atoms with Crippen LogP contribution in [0.2, 0.25) is 5.02 Å². The highest BCUT2D eigenvalue weighted by atomic mass is 35.5. The number of carbonyl (C=O) groups is 1. The van der Waals surface area contributed by atoms with E-state index >= 15 is 0 Å². The van der Waals surface area contributed by atoms with Gasteiger partial charge in [0.1, 0.15) is 0 Å². The summed E-state index contributed by atoms with van der Waals surface area (Å²) < 4.78 is 6.26. The average Bonchev–Trinajstić information content (AvgIpc) is 2.81. The number of rotatable bonds is 2. The summed E-state index contributed by atoms with van der Waals surface area (Å²) in [5, 5.41) is 9.56. The molecule has 2 aromatic carbocycles. The van der Waals surface area contributed by atoms with Crippen LogP contribution in [0.4, 0.5) is 5.69 Å². The fraction of sp³-hybridized carbons (Fsp3) is 0.200. The molecule has 2 heterocycles. The lowest BCUT2D eigenvalue weighted by Crippen LogP contribution is -2.36. The lowest BCUT2D eigenvalue weighted by atomic mass is 10.0. The molecule has 0 bridgehead atoms. The predicted molar refractivity (Wildman–Crippen MR) is 110 cm³/mol. The van der Waals surface area contributed by atoms with E-state index in [0.29, 0.717) is 27.4 Å². The molecule has 0 saturated heterocycles. The summed E-state index contributed by atoms with van der Waals surface area (Å²) in [6.45, 7) is 3.49. The van der Waals surface area contributed by atoms with E-state index < -0.39 is 6.23 Å². The smallest absolute Gasteiger partial charge is 0.247 e. The van der Waals surface area contributed by atoms with E-state index in [-0.39, 0.29) is 5.91 Å². The van der Waals surface area contributed by atoms with Crippen molar-refractivity contribution >= 4 is 35.0 Å². The van der Waals surface area contributed by atoms with Crippen LogP contribution in [0, 0.1) is 6.92 Å². The molecule has 0 aliphatic carbocycles. The van der Waals surface area contributed by atoms with Crippen LogP contribution in [-0.4, -0.2) is 27.3 Å². The van der Waals surface area contributed by atoms with Crippen LogP contribution in [0.5, 0.6) is 5.88 Å². The zero-order valence-corrected chi connectivity index (χ0v) is 17.1. The number of fused-ring (bicyclic) bond motifs is 3. The number of aromatic nitrogens is 3. The van der Waals surface area contributed by atoms with Crippen molar-refractivity contribution in [3.8, 4) is 17.1 Å². The Morgan fingerprint density at radius 1 is 1.21 bits per heavy atom. The maximum atomic E-state index is 12.7. The van der Waals surface area contributed by atoms with Gasteiger partial charge in [0.15, 0.2) is 5.69 Å². The lowest BCUT2D eigenvalue weighted by molar-refractivity contribution is -0.118. The Morgan fingerprint density at radius 3 is 2.75 bits per heavy atom. The maximum absolute atomic E-state index is 12.7. The van der Waals surface area contributed by atoms with Crippen molar-refractivity contribution in [2.24, 2.45) is 0 Å². The van der Waals surface area contributed by atoms with Gasteiger partial charge in [-0.1, -0.05) is 47.1 Å². The highest BCUT2D eigenvalue weighted by Crippen LogP contribution is 2.43. The summed E-state index contributed by atoms with van der Waals surface area (Å²) in [4.78, 5) is 18.8. The fourth-order valence-corrected chi connectivity index (χ4v) is 3.68. The van der Waals surface area contributed by atoms with Crippen molar-refractivity contribution in [2.45, 2.75) is 25.2 Å². The Bertz CT molecular complexity index is 1080. The van der Waals surface area contributed by atoms with Gasteiger partial charge < -0.3 is 4.74 Å². The second-order valence-electron chi connectivity index (χ2n) is 6.39. The third kappa shape index (κ3) is 3.31. The van der Waals surface area contributed by atoms with Gasteiger partial charge in [-0.3, -0.25) is 9.69 Å². The Balaban J connectivity index is 2.00. The summed E-state index contributed by atoms with van der Waals surface area (Å²) in [7, 11) is 0. The molecular formula is C20H17ClN4O2S. The van der Waals surface area contributed by atoms with Crippen LogP contribution in [0.25, 0.3) is 11.3 Å². The van der Waals surface area contributed by atoms with E-state index in [1.54, 1.807) is 17.0 Å². The first-order valence-corrected chi connectivity index (χ1v) is 10.2. The van der Waals surface area contributed by atoms with Crippen molar-refractivity contribution < 1.29 is 9.53 Å². The number of thioether (sulfide) groups is 1. The van der Waals surface area contributed by atoms with Crippen molar-refractivity contribution in [1.82, 2.24) is 15.2 Å². The van der Waals surface area contributed by atoms with Crippen LogP contribution in [0.15, 0.2) is 47.6 Å². The van der Waals surface area contributed by atoms with Crippen LogP contribution in [0.1, 0.15) is 24.3 Å². The van der Waals surface area contributed by atoms with Crippen LogP contribution in [0.3, 0.4) is 0 Å². The third-order valence-corrected chi connectivity index (χ3v) is 5.19. The number of amides is 1. The maximum Gasteiger partial charge on any atom is 0.247 e. The molecule has 1 atom stereocenters. The molecule has 8 heteroatoms. The van der Waals surface area contributed by atoms with Gasteiger partial charge in [0.05, 0.1) is 5.69 Å². The van der Waals surface area contributed by atoms with Gasteiger partial charge in [-0.2, -0.15) is 4.98 Å². The molecule has 1 amide bonds. The van der Waals surface area contributed by atoms with E-state index in [1.807, 2.05) is 43.5 Å². The molecule has 0 saturated carbocycles. The number of carbonyl (C=O) groups excluding carboxylic acids is 1. The molecule has 28 heavy (non-hydrogen) atoms. The summed E-state index contributed by atoms with van der Waals surface area (Å²) in [6.07, 6.45) is 1.14. The summed E-state index contributed by atoms with van der Waals surface area (Å²) in [5.74, 6) is 0.167. The first-order chi connectivity index (χ1) is 13.5. The molecule has 1 aliphatic rings. The number of hydrogen-bond donors (Lipinski definition) is 0. The van der Waals surface area contributed by atoms with Crippen molar-refractivity contribution in [2.75, 3.05) is 11.2 Å². The summed E-state index contributed by atoms with van der Waals surface area (Å²) in [5.41, 5.74) is 3.72. The van der Waals surface area contributed by atoms with E-state index in [0.717, 1.165) is 16.7 Å². The second-order valence-corrected chi connectivity index (χ2v) is 7.60. The van der Waals surface area contributed by atoms with Gasteiger partial charge in [-0.15, -0.1) is 10.2 Å². The number of ether oxygens (including phenoxy) is 1. The van der Waals surface area contributed by atoms with Gasteiger partial charge in [-0.25, -0.2) is 0 Å². The van der Waals surface area contributed by atoms with Gasteiger partial charge in [0, 0.05) is 23.1 Å². The highest BCUT2D eigenvalue weighted by molar-refractivity contribution is 7.98. The van der Waals surface area contributed by atoms with E-state index in [1.165, 1.54) is 18.7 Å². The monoisotopic (exact) mass is 412 g/mol. The largest absolute Gasteiger partial charge is 0.447 e.